The number of aryl methyl sites for hydroxylation is 2. The van der Waals surface area contributed by atoms with Gasteiger partial charge in [0, 0.05) is 16.3 Å². The molecule has 3 heterocycles. The number of thiophene rings is 1. The number of aromatic nitrogens is 4. The van der Waals surface area contributed by atoms with E-state index in [1.165, 1.54) is 22.8 Å². The van der Waals surface area contributed by atoms with Gasteiger partial charge in [0.2, 0.25) is 0 Å². The monoisotopic (exact) mass is 485 g/mol. The molecule has 0 radical (unpaired) electrons. The third-order valence-corrected chi connectivity index (χ3v) is 6.85. The fraction of sp³-hybridized carbons (Fsp3) is 0.478. The molecule has 3 aromatic rings. The van der Waals surface area contributed by atoms with Crippen LogP contribution in [0.5, 0.6) is 0 Å². The summed E-state index contributed by atoms with van der Waals surface area (Å²) in [4.78, 5) is 47.6. The number of amides is 1. The molecule has 34 heavy (non-hydrogen) atoms. The minimum atomic E-state index is -1.14. The largest absolute Gasteiger partial charge is 0.462 e. The van der Waals surface area contributed by atoms with Crippen molar-refractivity contribution in [2.24, 2.45) is 5.92 Å². The van der Waals surface area contributed by atoms with Crippen molar-refractivity contribution in [3.8, 4) is 0 Å². The van der Waals surface area contributed by atoms with E-state index in [9.17, 15) is 14.4 Å². The smallest absolute Gasteiger partial charge is 0.379 e. The summed E-state index contributed by atoms with van der Waals surface area (Å²) in [5, 5.41) is 7.32. The number of hydrogen-bond donors (Lipinski definition) is 1. The van der Waals surface area contributed by atoms with Crippen molar-refractivity contribution >= 4 is 40.0 Å². The van der Waals surface area contributed by atoms with E-state index in [2.05, 4.69) is 27.3 Å². The minimum absolute atomic E-state index is 0.186. The van der Waals surface area contributed by atoms with Crippen LogP contribution in [-0.4, -0.2) is 50.1 Å². The van der Waals surface area contributed by atoms with Gasteiger partial charge in [-0.15, -0.1) is 16.4 Å². The molecule has 4 rings (SSSR count). The lowest BCUT2D eigenvalue weighted by atomic mass is 9.88. The highest BCUT2D eigenvalue weighted by Crippen LogP contribution is 2.40. The predicted octanol–water partition coefficient (Wildman–Crippen LogP) is 3.29. The fourth-order valence-electron chi connectivity index (χ4n) is 3.99. The summed E-state index contributed by atoms with van der Waals surface area (Å²) in [6.45, 7) is 9.24. The molecule has 10 nitrogen and oxygen atoms in total. The number of carbonyl (C=O) groups excluding carboxylic acids is 3. The first kappa shape index (κ1) is 23.8. The van der Waals surface area contributed by atoms with Gasteiger partial charge >= 0.3 is 11.9 Å². The molecule has 0 aliphatic heterocycles. The highest BCUT2D eigenvalue weighted by atomic mass is 32.1. The first-order chi connectivity index (χ1) is 16.2. The fourth-order valence-corrected chi connectivity index (χ4v) is 5.39. The zero-order valence-electron chi connectivity index (χ0n) is 19.8. The number of hydrogen-bond acceptors (Lipinski definition) is 9. The number of carbonyl (C=O) groups is 3. The summed E-state index contributed by atoms with van der Waals surface area (Å²) >= 11 is 1.38. The Hall–Kier alpha value is -3.34. The molecule has 2 atom stereocenters. The standard InChI is InChI=1S/C23H27N5O5S/c1-6-32-21(30)17-15-8-7-11(2)9-16(15)34-20(17)26-19(29)14(5)33-22(31)18-25-23-24-12(3)10-13(4)28(23)27-18/h10-11,14H,6-9H2,1-5H3,(H,26,29)/t11-,14+/m0/s1. The normalized spacial score (nSPS) is 16.1. The molecule has 0 bridgehead atoms. The third-order valence-electron chi connectivity index (χ3n) is 5.68. The van der Waals surface area contributed by atoms with E-state index in [1.54, 1.807) is 6.92 Å². The SMILES string of the molecule is CCOC(=O)c1c(NC(=O)[C@@H](C)OC(=O)c2nc3nc(C)cc(C)n3n2)sc2c1CC[C@H](C)C2. The van der Waals surface area contributed by atoms with Gasteiger partial charge in [0.05, 0.1) is 12.2 Å². The number of anilines is 1. The summed E-state index contributed by atoms with van der Waals surface area (Å²) in [6.07, 6.45) is 1.44. The van der Waals surface area contributed by atoms with Crippen LogP contribution in [-0.2, 0) is 27.1 Å². The first-order valence-electron chi connectivity index (χ1n) is 11.2. The molecule has 0 spiro atoms. The summed E-state index contributed by atoms with van der Waals surface area (Å²) in [6, 6.07) is 1.81. The second-order valence-electron chi connectivity index (χ2n) is 8.50. The zero-order valence-corrected chi connectivity index (χ0v) is 20.6. The summed E-state index contributed by atoms with van der Waals surface area (Å²) in [5.41, 5.74) is 2.85. The molecule has 180 valence electrons. The zero-order chi connectivity index (χ0) is 24.6. The number of ether oxygens (including phenoxy) is 2. The van der Waals surface area contributed by atoms with Crippen LogP contribution >= 0.6 is 11.3 Å². The summed E-state index contributed by atoms with van der Waals surface area (Å²) in [5.74, 6) is -1.26. The van der Waals surface area contributed by atoms with Crippen LogP contribution in [0.1, 0.15) is 70.0 Å². The van der Waals surface area contributed by atoms with Crippen LogP contribution < -0.4 is 5.32 Å². The molecular weight excluding hydrogens is 458 g/mol. The van der Waals surface area contributed by atoms with Crippen LogP contribution in [0.15, 0.2) is 6.07 Å². The topological polar surface area (TPSA) is 125 Å². The molecule has 0 fully saturated rings. The molecule has 1 N–H and O–H groups in total. The van der Waals surface area contributed by atoms with Gasteiger partial charge in [-0.2, -0.15) is 4.98 Å². The van der Waals surface area contributed by atoms with E-state index < -0.39 is 23.9 Å². The quantitative estimate of drug-likeness (QED) is 0.528. The Labute approximate surface area is 200 Å². The van der Waals surface area contributed by atoms with Crippen LogP contribution in [0.4, 0.5) is 5.00 Å². The molecule has 0 aromatic carbocycles. The van der Waals surface area contributed by atoms with Gasteiger partial charge in [0.15, 0.2) is 6.10 Å². The molecule has 0 saturated heterocycles. The molecule has 11 heteroatoms. The molecule has 1 aliphatic carbocycles. The van der Waals surface area contributed by atoms with Gasteiger partial charge < -0.3 is 14.8 Å². The maximum Gasteiger partial charge on any atom is 0.379 e. The third kappa shape index (κ3) is 4.65. The second kappa shape index (κ2) is 9.49. The Bertz CT molecular complexity index is 1280. The number of nitrogens with zero attached hydrogens (tertiary/aromatic N) is 4. The molecule has 3 aromatic heterocycles. The van der Waals surface area contributed by atoms with Crippen molar-refractivity contribution in [2.75, 3.05) is 11.9 Å². The number of fused-ring (bicyclic) bond motifs is 2. The van der Waals surface area contributed by atoms with E-state index in [0.29, 0.717) is 16.5 Å². The average molecular weight is 486 g/mol. The van der Waals surface area contributed by atoms with Crippen molar-refractivity contribution in [2.45, 2.75) is 60.0 Å². The molecule has 0 saturated carbocycles. The van der Waals surface area contributed by atoms with Crippen LogP contribution in [0.3, 0.4) is 0 Å². The highest BCUT2D eigenvalue weighted by molar-refractivity contribution is 7.17. The van der Waals surface area contributed by atoms with Gasteiger partial charge in [-0.1, -0.05) is 6.92 Å². The number of esters is 2. The Morgan fingerprint density at radius 3 is 2.76 bits per heavy atom. The Morgan fingerprint density at radius 2 is 2.03 bits per heavy atom. The molecular formula is C23H27N5O5S. The van der Waals surface area contributed by atoms with E-state index in [-0.39, 0.29) is 18.2 Å². The van der Waals surface area contributed by atoms with Crippen molar-refractivity contribution in [3.63, 3.8) is 0 Å². The molecule has 1 aliphatic rings. The highest BCUT2D eigenvalue weighted by Gasteiger charge is 2.31. The van der Waals surface area contributed by atoms with Gasteiger partial charge in [-0.05, 0) is 64.5 Å². The minimum Gasteiger partial charge on any atom is -0.462 e. The van der Waals surface area contributed by atoms with Crippen molar-refractivity contribution in [3.05, 3.63) is 39.3 Å². The Morgan fingerprint density at radius 1 is 1.26 bits per heavy atom. The maximum absolute atomic E-state index is 12.9. The van der Waals surface area contributed by atoms with E-state index >= 15 is 0 Å². The summed E-state index contributed by atoms with van der Waals surface area (Å²) in [7, 11) is 0. The van der Waals surface area contributed by atoms with E-state index in [0.717, 1.165) is 41.1 Å². The molecule has 0 unspecified atom stereocenters. The Balaban J connectivity index is 1.51. The maximum atomic E-state index is 12.9. The lowest BCUT2D eigenvalue weighted by Crippen LogP contribution is -2.30. The number of rotatable bonds is 6. The summed E-state index contributed by atoms with van der Waals surface area (Å²) < 4.78 is 12.0. The van der Waals surface area contributed by atoms with Gasteiger partial charge in [0.1, 0.15) is 5.00 Å². The van der Waals surface area contributed by atoms with Gasteiger partial charge in [-0.3, -0.25) is 4.79 Å². The van der Waals surface area contributed by atoms with Gasteiger partial charge in [-0.25, -0.2) is 19.1 Å². The average Bonchev–Trinajstić information content (AvgIpc) is 3.34. The van der Waals surface area contributed by atoms with Gasteiger partial charge in [0.25, 0.3) is 17.5 Å². The van der Waals surface area contributed by atoms with Crippen molar-refractivity contribution in [1.29, 1.82) is 0 Å². The van der Waals surface area contributed by atoms with E-state index in [4.69, 9.17) is 9.47 Å². The predicted molar refractivity (Wildman–Crippen MR) is 125 cm³/mol. The number of nitrogens with one attached hydrogen (secondary N) is 1. The second-order valence-corrected chi connectivity index (χ2v) is 9.60. The van der Waals surface area contributed by atoms with Crippen molar-refractivity contribution < 1.29 is 23.9 Å². The van der Waals surface area contributed by atoms with E-state index in [1.807, 2.05) is 19.9 Å². The first-order valence-corrected chi connectivity index (χ1v) is 12.0. The Kier molecular flexibility index (Phi) is 6.65. The van der Waals surface area contributed by atoms with Crippen LogP contribution in [0, 0.1) is 19.8 Å². The van der Waals surface area contributed by atoms with Crippen LogP contribution in [0.2, 0.25) is 0 Å². The molecule has 1 amide bonds. The van der Waals surface area contributed by atoms with Crippen LogP contribution in [0.25, 0.3) is 5.78 Å². The lowest BCUT2D eigenvalue weighted by molar-refractivity contribution is -0.123. The lowest BCUT2D eigenvalue weighted by Gasteiger charge is -2.18. The van der Waals surface area contributed by atoms with Crippen molar-refractivity contribution in [1.82, 2.24) is 19.6 Å².